The standard InChI is InChI=1S/C17H21ClN6/c1-19-16(22-13-14-5-2-3-6-15(14)18)23-9-11-24(12-10-23)17-20-7-4-8-21-17/h2-8H,9-13H2,1H3,(H,19,22). The number of aliphatic imine (C=N–C) groups is 1. The summed E-state index contributed by atoms with van der Waals surface area (Å²) in [5.74, 6) is 1.68. The summed E-state index contributed by atoms with van der Waals surface area (Å²) in [6.07, 6.45) is 3.55. The van der Waals surface area contributed by atoms with Crippen LogP contribution in [0.25, 0.3) is 0 Å². The molecule has 7 heteroatoms. The fourth-order valence-electron chi connectivity index (χ4n) is 2.72. The second kappa shape index (κ2) is 7.97. The van der Waals surface area contributed by atoms with Gasteiger partial charge >= 0.3 is 0 Å². The van der Waals surface area contributed by atoms with Crippen LogP contribution < -0.4 is 10.2 Å². The van der Waals surface area contributed by atoms with Gasteiger partial charge in [-0.25, -0.2) is 9.97 Å². The van der Waals surface area contributed by atoms with E-state index in [4.69, 9.17) is 11.6 Å². The predicted octanol–water partition coefficient (Wildman–Crippen LogP) is 2.03. The van der Waals surface area contributed by atoms with Crippen LogP contribution in [-0.2, 0) is 6.54 Å². The molecule has 0 atom stereocenters. The van der Waals surface area contributed by atoms with E-state index in [0.717, 1.165) is 48.7 Å². The molecule has 1 aromatic heterocycles. The summed E-state index contributed by atoms with van der Waals surface area (Å²) in [6, 6.07) is 9.68. The molecular weight excluding hydrogens is 324 g/mol. The largest absolute Gasteiger partial charge is 0.352 e. The number of hydrogen-bond acceptors (Lipinski definition) is 4. The van der Waals surface area contributed by atoms with Crippen LogP contribution in [0.5, 0.6) is 0 Å². The minimum atomic E-state index is 0.661. The average Bonchev–Trinajstić information content (AvgIpc) is 2.65. The number of rotatable bonds is 3. The normalized spacial score (nSPS) is 15.5. The summed E-state index contributed by atoms with van der Waals surface area (Å²) in [5.41, 5.74) is 1.07. The summed E-state index contributed by atoms with van der Waals surface area (Å²) >= 11 is 6.21. The lowest BCUT2D eigenvalue weighted by molar-refractivity contribution is 0.370. The van der Waals surface area contributed by atoms with E-state index in [1.165, 1.54) is 0 Å². The molecule has 1 aromatic carbocycles. The third-order valence-electron chi connectivity index (χ3n) is 4.02. The number of hydrogen-bond donors (Lipinski definition) is 1. The van der Waals surface area contributed by atoms with E-state index in [0.29, 0.717) is 6.54 Å². The Morgan fingerprint density at radius 3 is 2.50 bits per heavy atom. The van der Waals surface area contributed by atoms with Gasteiger partial charge in [0.1, 0.15) is 0 Å². The van der Waals surface area contributed by atoms with Crippen LogP contribution in [0, 0.1) is 0 Å². The Labute approximate surface area is 147 Å². The third-order valence-corrected chi connectivity index (χ3v) is 4.39. The van der Waals surface area contributed by atoms with Crippen LogP contribution in [-0.4, -0.2) is 54.1 Å². The Bertz CT molecular complexity index is 682. The molecule has 0 spiro atoms. The summed E-state index contributed by atoms with van der Waals surface area (Å²) in [4.78, 5) is 17.5. The molecule has 0 amide bonds. The molecule has 1 aliphatic heterocycles. The van der Waals surface area contributed by atoms with Gasteiger partial charge in [0.25, 0.3) is 0 Å². The first kappa shape index (κ1) is 16.5. The van der Waals surface area contributed by atoms with E-state index < -0.39 is 0 Å². The zero-order valence-electron chi connectivity index (χ0n) is 13.7. The highest BCUT2D eigenvalue weighted by molar-refractivity contribution is 6.31. The highest BCUT2D eigenvalue weighted by atomic mass is 35.5. The van der Waals surface area contributed by atoms with E-state index in [1.54, 1.807) is 12.4 Å². The second-order valence-corrected chi connectivity index (χ2v) is 5.92. The average molecular weight is 345 g/mol. The smallest absolute Gasteiger partial charge is 0.225 e. The van der Waals surface area contributed by atoms with Gasteiger partial charge in [-0.1, -0.05) is 29.8 Å². The van der Waals surface area contributed by atoms with Crippen LogP contribution in [0.4, 0.5) is 5.95 Å². The fourth-order valence-corrected chi connectivity index (χ4v) is 2.92. The van der Waals surface area contributed by atoms with Crippen molar-refractivity contribution in [1.82, 2.24) is 20.2 Å². The maximum Gasteiger partial charge on any atom is 0.225 e. The molecule has 24 heavy (non-hydrogen) atoms. The predicted molar refractivity (Wildman–Crippen MR) is 97.5 cm³/mol. The van der Waals surface area contributed by atoms with Crippen molar-refractivity contribution in [3.05, 3.63) is 53.3 Å². The molecule has 126 valence electrons. The van der Waals surface area contributed by atoms with E-state index >= 15 is 0 Å². The number of nitrogens with zero attached hydrogens (tertiary/aromatic N) is 5. The zero-order chi connectivity index (χ0) is 16.8. The van der Waals surface area contributed by atoms with Gasteiger partial charge in [-0.2, -0.15) is 0 Å². The van der Waals surface area contributed by atoms with Crippen LogP contribution in [0.15, 0.2) is 47.7 Å². The second-order valence-electron chi connectivity index (χ2n) is 5.52. The van der Waals surface area contributed by atoms with E-state index in [-0.39, 0.29) is 0 Å². The quantitative estimate of drug-likeness (QED) is 0.682. The molecule has 1 N–H and O–H groups in total. The van der Waals surface area contributed by atoms with Crippen molar-refractivity contribution in [3.63, 3.8) is 0 Å². The van der Waals surface area contributed by atoms with E-state index in [9.17, 15) is 0 Å². The number of anilines is 1. The Morgan fingerprint density at radius 1 is 1.12 bits per heavy atom. The van der Waals surface area contributed by atoms with Gasteiger partial charge in [0.05, 0.1) is 0 Å². The monoisotopic (exact) mass is 344 g/mol. The summed E-state index contributed by atoms with van der Waals surface area (Å²) < 4.78 is 0. The third kappa shape index (κ3) is 3.94. The summed E-state index contributed by atoms with van der Waals surface area (Å²) in [5, 5.41) is 4.16. The van der Waals surface area contributed by atoms with Gasteiger partial charge < -0.3 is 15.1 Å². The number of aromatic nitrogens is 2. The van der Waals surface area contributed by atoms with Gasteiger partial charge in [0.15, 0.2) is 5.96 Å². The molecule has 0 radical (unpaired) electrons. The number of nitrogens with one attached hydrogen (secondary N) is 1. The lowest BCUT2D eigenvalue weighted by Gasteiger charge is -2.36. The molecule has 2 aromatic rings. The Hall–Kier alpha value is -2.34. The number of benzene rings is 1. The minimum Gasteiger partial charge on any atom is -0.352 e. The van der Waals surface area contributed by atoms with Crippen molar-refractivity contribution in [1.29, 1.82) is 0 Å². The van der Waals surface area contributed by atoms with Crippen LogP contribution in [0.3, 0.4) is 0 Å². The Morgan fingerprint density at radius 2 is 1.83 bits per heavy atom. The van der Waals surface area contributed by atoms with Crippen molar-refractivity contribution >= 4 is 23.5 Å². The van der Waals surface area contributed by atoms with Crippen LogP contribution in [0.2, 0.25) is 5.02 Å². The van der Waals surface area contributed by atoms with Crippen LogP contribution >= 0.6 is 11.6 Å². The van der Waals surface area contributed by atoms with Gasteiger partial charge in [-0.05, 0) is 17.7 Å². The van der Waals surface area contributed by atoms with Crippen molar-refractivity contribution in [2.45, 2.75) is 6.54 Å². The molecule has 1 fully saturated rings. The molecule has 2 heterocycles. The number of guanidine groups is 1. The Balaban J connectivity index is 1.55. The van der Waals surface area contributed by atoms with Gasteiger partial charge in [-0.3, -0.25) is 4.99 Å². The van der Waals surface area contributed by atoms with Gasteiger partial charge in [-0.15, -0.1) is 0 Å². The molecule has 1 aliphatic rings. The van der Waals surface area contributed by atoms with E-state index in [2.05, 4.69) is 30.1 Å². The van der Waals surface area contributed by atoms with Gasteiger partial charge in [0.2, 0.25) is 5.95 Å². The molecule has 0 bridgehead atoms. The zero-order valence-corrected chi connectivity index (χ0v) is 14.4. The lowest BCUT2D eigenvalue weighted by atomic mass is 10.2. The van der Waals surface area contributed by atoms with E-state index in [1.807, 2.05) is 37.4 Å². The maximum absolute atomic E-state index is 6.21. The SMILES string of the molecule is CN=C(NCc1ccccc1Cl)N1CCN(c2ncccn2)CC1. The molecule has 3 rings (SSSR count). The fraction of sp³-hybridized carbons (Fsp3) is 0.353. The summed E-state index contributed by atoms with van der Waals surface area (Å²) in [6.45, 7) is 4.16. The molecule has 1 saturated heterocycles. The lowest BCUT2D eigenvalue weighted by Crippen LogP contribution is -2.52. The molecule has 0 aliphatic carbocycles. The molecule has 0 unspecified atom stereocenters. The molecule has 6 nitrogen and oxygen atoms in total. The minimum absolute atomic E-state index is 0.661. The number of halogens is 1. The molecular formula is C17H21ClN6. The Kier molecular flexibility index (Phi) is 5.48. The van der Waals surface area contributed by atoms with Gasteiger partial charge in [0, 0.05) is 57.2 Å². The van der Waals surface area contributed by atoms with Crippen molar-refractivity contribution in [2.24, 2.45) is 4.99 Å². The topological polar surface area (TPSA) is 56.7 Å². The van der Waals surface area contributed by atoms with Crippen molar-refractivity contribution < 1.29 is 0 Å². The molecule has 0 saturated carbocycles. The van der Waals surface area contributed by atoms with Crippen molar-refractivity contribution in [2.75, 3.05) is 38.1 Å². The first-order valence-electron chi connectivity index (χ1n) is 7.99. The first-order chi connectivity index (χ1) is 11.8. The summed E-state index contributed by atoms with van der Waals surface area (Å²) in [7, 11) is 1.81. The number of piperazine rings is 1. The first-order valence-corrected chi connectivity index (χ1v) is 8.36. The maximum atomic E-state index is 6.21. The van der Waals surface area contributed by atoms with Crippen LogP contribution in [0.1, 0.15) is 5.56 Å². The highest BCUT2D eigenvalue weighted by Crippen LogP contribution is 2.15. The van der Waals surface area contributed by atoms with Crippen molar-refractivity contribution in [3.8, 4) is 0 Å². The highest BCUT2D eigenvalue weighted by Gasteiger charge is 2.21.